The average Bonchev–Trinajstić information content (AvgIpc) is 3.21. The number of thiazole rings is 1. The molecule has 2 heterocycles. The van der Waals surface area contributed by atoms with Gasteiger partial charge in [0, 0.05) is 28.5 Å². The summed E-state index contributed by atoms with van der Waals surface area (Å²) in [5.41, 5.74) is 2.30. The summed E-state index contributed by atoms with van der Waals surface area (Å²) in [5, 5.41) is 2.64. The van der Waals surface area contributed by atoms with Gasteiger partial charge in [0.25, 0.3) is 0 Å². The van der Waals surface area contributed by atoms with Crippen LogP contribution in [0.15, 0.2) is 41.9 Å². The number of carbonyl (C=O) groups is 2. The molecule has 0 saturated heterocycles. The van der Waals surface area contributed by atoms with E-state index in [1.807, 2.05) is 23.8 Å². The third-order valence-corrected chi connectivity index (χ3v) is 4.51. The topological polar surface area (TPSA) is 61.2 Å². The van der Waals surface area contributed by atoms with Gasteiger partial charge in [0.15, 0.2) is 11.7 Å². The maximum absolute atomic E-state index is 12.9. The molecule has 0 aliphatic rings. The molecule has 0 spiro atoms. The summed E-state index contributed by atoms with van der Waals surface area (Å²) in [6, 6.07) is 6.72. The first-order valence-electron chi connectivity index (χ1n) is 7.52. The van der Waals surface area contributed by atoms with E-state index in [1.54, 1.807) is 12.3 Å². The minimum absolute atomic E-state index is 0.197. The number of ether oxygens (including phenoxy) is 1. The Kier molecular flexibility index (Phi) is 4.76. The SMILES string of the molecule is Cc1cc(C(=O)COC(=O)c2ccc(F)cc2)c(C)n1-c1nccs1. The highest BCUT2D eigenvalue weighted by molar-refractivity contribution is 7.12. The molecule has 0 aliphatic carbocycles. The number of carbonyl (C=O) groups excluding carboxylic acids is 2. The zero-order valence-electron chi connectivity index (χ0n) is 13.7. The molecular formula is C18H15FN2O3S. The van der Waals surface area contributed by atoms with Gasteiger partial charge in [-0.1, -0.05) is 0 Å². The molecule has 3 aromatic rings. The van der Waals surface area contributed by atoms with E-state index in [2.05, 4.69) is 4.98 Å². The van der Waals surface area contributed by atoms with E-state index in [4.69, 9.17) is 4.74 Å². The molecule has 1 aromatic carbocycles. The van der Waals surface area contributed by atoms with Crippen LogP contribution in [0.3, 0.4) is 0 Å². The molecule has 0 fully saturated rings. The maximum atomic E-state index is 12.9. The van der Waals surface area contributed by atoms with Gasteiger partial charge in [-0.2, -0.15) is 0 Å². The van der Waals surface area contributed by atoms with Crippen molar-refractivity contribution in [3.05, 3.63) is 70.2 Å². The summed E-state index contributed by atoms with van der Waals surface area (Å²) >= 11 is 1.47. The predicted octanol–water partition coefficient (Wildman–Crippen LogP) is 3.73. The van der Waals surface area contributed by atoms with Crippen LogP contribution >= 0.6 is 11.3 Å². The number of ketones is 1. The molecule has 0 bridgehead atoms. The summed E-state index contributed by atoms with van der Waals surface area (Å²) in [4.78, 5) is 28.6. The standard InChI is InChI=1S/C18H15FN2O3S/c1-11-9-15(12(2)21(11)18-20-7-8-25-18)16(22)10-24-17(23)13-3-5-14(19)6-4-13/h3-9H,10H2,1-2H3. The number of hydrogen-bond donors (Lipinski definition) is 0. The fourth-order valence-corrected chi connectivity index (χ4v) is 3.30. The molecule has 0 unspecified atom stereocenters. The van der Waals surface area contributed by atoms with Crippen molar-refractivity contribution in [3.8, 4) is 5.13 Å². The molecular weight excluding hydrogens is 343 g/mol. The number of halogens is 1. The fourth-order valence-electron chi connectivity index (χ4n) is 2.54. The van der Waals surface area contributed by atoms with Crippen LogP contribution in [0.25, 0.3) is 5.13 Å². The third kappa shape index (κ3) is 3.51. The molecule has 3 rings (SSSR count). The Balaban J connectivity index is 1.73. The van der Waals surface area contributed by atoms with Gasteiger partial charge in [-0.3, -0.25) is 9.36 Å². The van der Waals surface area contributed by atoms with Crippen LogP contribution < -0.4 is 0 Å². The van der Waals surface area contributed by atoms with Crippen LogP contribution in [0, 0.1) is 19.7 Å². The Morgan fingerprint density at radius 3 is 2.60 bits per heavy atom. The number of aryl methyl sites for hydroxylation is 1. The molecule has 0 atom stereocenters. The molecule has 25 heavy (non-hydrogen) atoms. The molecule has 0 N–H and O–H groups in total. The second kappa shape index (κ2) is 6.98. The predicted molar refractivity (Wildman–Crippen MR) is 91.9 cm³/mol. The number of esters is 1. The number of nitrogens with zero attached hydrogens (tertiary/aromatic N) is 2. The van der Waals surface area contributed by atoms with Gasteiger partial charge in [-0.15, -0.1) is 11.3 Å². The van der Waals surface area contributed by atoms with Crippen molar-refractivity contribution in [2.45, 2.75) is 13.8 Å². The molecule has 2 aromatic heterocycles. The highest BCUT2D eigenvalue weighted by Gasteiger charge is 2.19. The van der Waals surface area contributed by atoms with Crippen LogP contribution in [-0.4, -0.2) is 27.9 Å². The lowest BCUT2D eigenvalue weighted by Gasteiger charge is -2.06. The number of Topliss-reactive ketones (excluding diaryl/α,β-unsaturated/α-hetero) is 1. The van der Waals surface area contributed by atoms with E-state index in [0.29, 0.717) is 5.56 Å². The highest BCUT2D eigenvalue weighted by atomic mass is 32.1. The van der Waals surface area contributed by atoms with Crippen molar-refractivity contribution in [1.82, 2.24) is 9.55 Å². The van der Waals surface area contributed by atoms with E-state index in [1.165, 1.54) is 35.6 Å². The summed E-state index contributed by atoms with van der Waals surface area (Å²) in [7, 11) is 0. The zero-order valence-corrected chi connectivity index (χ0v) is 14.5. The Morgan fingerprint density at radius 2 is 1.96 bits per heavy atom. The zero-order chi connectivity index (χ0) is 18.0. The molecule has 0 saturated carbocycles. The first-order valence-corrected chi connectivity index (χ1v) is 8.40. The number of hydrogen-bond acceptors (Lipinski definition) is 5. The van der Waals surface area contributed by atoms with Gasteiger partial charge >= 0.3 is 5.97 Å². The maximum Gasteiger partial charge on any atom is 0.338 e. The van der Waals surface area contributed by atoms with E-state index >= 15 is 0 Å². The summed E-state index contributed by atoms with van der Waals surface area (Å²) < 4.78 is 19.8. The van der Waals surface area contributed by atoms with Gasteiger partial charge in [-0.05, 0) is 44.2 Å². The Labute approximate surface area is 147 Å². The first kappa shape index (κ1) is 17.0. The summed E-state index contributed by atoms with van der Waals surface area (Å²) in [5.74, 6) is -1.41. The highest BCUT2D eigenvalue weighted by Crippen LogP contribution is 2.22. The average molecular weight is 358 g/mol. The van der Waals surface area contributed by atoms with Crippen LogP contribution in [-0.2, 0) is 4.74 Å². The number of aromatic nitrogens is 2. The first-order chi connectivity index (χ1) is 12.0. The van der Waals surface area contributed by atoms with Crippen molar-refractivity contribution in [3.63, 3.8) is 0 Å². The van der Waals surface area contributed by atoms with Crippen LogP contribution in [0.5, 0.6) is 0 Å². The Hall–Kier alpha value is -2.80. The molecule has 0 radical (unpaired) electrons. The number of rotatable bonds is 5. The normalized spacial score (nSPS) is 10.7. The largest absolute Gasteiger partial charge is 0.454 e. The van der Waals surface area contributed by atoms with Crippen molar-refractivity contribution in [2.75, 3.05) is 6.61 Å². The molecule has 5 nitrogen and oxygen atoms in total. The Morgan fingerprint density at radius 1 is 1.24 bits per heavy atom. The fraction of sp³-hybridized carbons (Fsp3) is 0.167. The van der Waals surface area contributed by atoms with Crippen molar-refractivity contribution in [1.29, 1.82) is 0 Å². The second-order valence-electron chi connectivity index (χ2n) is 5.44. The van der Waals surface area contributed by atoms with E-state index in [-0.39, 0.29) is 18.0 Å². The van der Waals surface area contributed by atoms with E-state index in [9.17, 15) is 14.0 Å². The van der Waals surface area contributed by atoms with Gasteiger partial charge in [0.05, 0.1) is 5.56 Å². The minimum Gasteiger partial charge on any atom is -0.454 e. The molecule has 7 heteroatoms. The van der Waals surface area contributed by atoms with Crippen LogP contribution in [0.1, 0.15) is 32.1 Å². The van der Waals surface area contributed by atoms with Crippen molar-refractivity contribution < 1.29 is 18.7 Å². The lowest BCUT2D eigenvalue weighted by molar-refractivity contribution is 0.0474. The minimum atomic E-state index is -0.665. The molecule has 0 amide bonds. The van der Waals surface area contributed by atoms with Crippen LogP contribution in [0.2, 0.25) is 0 Å². The lowest BCUT2D eigenvalue weighted by atomic mass is 10.1. The third-order valence-electron chi connectivity index (χ3n) is 3.76. The molecule has 0 aliphatic heterocycles. The van der Waals surface area contributed by atoms with E-state index < -0.39 is 11.8 Å². The summed E-state index contributed by atoms with van der Waals surface area (Å²) in [6.45, 7) is 3.33. The van der Waals surface area contributed by atoms with Crippen LogP contribution in [0.4, 0.5) is 4.39 Å². The van der Waals surface area contributed by atoms with Crippen molar-refractivity contribution in [2.24, 2.45) is 0 Å². The smallest absolute Gasteiger partial charge is 0.338 e. The van der Waals surface area contributed by atoms with Gasteiger partial charge in [0.2, 0.25) is 5.78 Å². The molecule has 128 valence electrons. The lowest BCUT2D eigenvalue weighted by Crippen LogP contribution is -2.15. The van der Waals surface area contributed by atoms with E-state index in [0.717, 1.165) is 16.5 Å². The summed E-state index contributed by atoms with van der Waals surface area (Å²) in [6.07, 6.45) is 1.70. The van der Waals surface area contributed by atoms with Gasteiger partial charge in [-0.25, -0.2) is 14.2 Å². The monoisotopic (exact) mass is 358 g/mol. The van der Waals surface area contributed by atoms with Gasteiger partial charge in [0.1, 0.15) is 5.82 Å². The number of benzene rings is 1. The quantitative estimate of drug-likeness (QED) is 0.515. The second-order valence-corrected chi connectivity index (χ2v) is 6.31. The Bertz CT molecular complexity index is 915. The van der Waals surface area contributed by atoms with Crippen molar-refractivity contribution >= 4 is 23.1 Å². The van der Waals surface area contributed by atoms with Gasteiger partial charge < -0.3 is 4.74 Å².